The summed E-state index contributed by atoms with van der Waals surface area (Å²) in [6.45, 7) is 7.88. The lowest BCUT2D eigenvalue weighted by Crippen LogP contribution is -2.27. The molecule has 1 aliphatic heterocycles. The quantitative estimate of drug-likeness (QED) is 0.306. The van der Waals surface area contributed by atoms with Crippen molar-refractivity contribution in [2.24, 2.45) is 0 Å². The van der Waals surface area contributed by atoms with Gasteiger partial charge in [0, 0.05) is 29.5 Å². The Morgan fingerprint density at radius 1 is 1.00 bits per heavy atom. The van der Waals surface area contributed by atoms with Gasteiger partial charge in [0.2, 0.25) is 0 Å². The molecule has 7 heteroatoms. The van der Waals surface area contributed by atoms with Crippen molar-refractivity contribution < 1.29 is 14.2 Å². The van der Waals surface area contributed by atoms with E-state index in [1.807, 2.05) is 26.0 Å². The van der Waals surface area contributed by atoms with Crippen molar-refractivity contribution >= 4 is 23.1 Å². The second-order valence-electron chi connectivity index (χ2n) is 7.28. The molecule has 32 heavy (non-hydrogen) atoms. The fraction of sp³-hybridized carbons (Fsp3) is 0.440. The number of fused-ring (bicyclic) bond motifs is 2. The number of benzene rings is 2. The number of nitriles is 2. The van der Waals surface area contributed by atoms with Crippen LogP contribution in [0.3, 0.4) is 0 Å². The van der Waals surface area contributed by atoms with Crippen LogP contribution in [0.15, 0.2) is 40.1 Å². The van der Waals surface area contributed by atoms with Gasteiger partial charge in [0.05, 0.1) is 16.9 Å². The van der Waals surface area contributed by atoms with Crippen LogP contribution in [0, 0.1) is 22.7 Å². The second kappa shape index (κ2) is 11.8. The molecule has 0 radical (unpaired) electrons. The Labute approximate surface area is 194 Å². The lowest BCUT2D eigenvalue weighted by molar-refractivity contribution is -0.152. The van der Waals surface area contributed by atoms with E-state index in [0.29, 0.717) is 24.5 Å². The van der Waals surface area contributed by atoms with E-state index in [1.54, 1.807) is 17.8 Å². The van der Waals surface area contributed by atoms with E-state index < -0.39 is 6.29 Å². The molecule has 0 fully saturated rings. The van der Waals surface area contributed by atoms with Crippen molar-refractivity contribution in [1.29, 1.82) is 10.5 Å². The van der Waals surface area contributed by atoms with Crippen LogP contribution in [0.1, 0.15) is 51.2 Å². The lowest BCUT2D eigenvalue weighted by Gasteiger charge is -2.35. The zero-order chi connectivity index (χ0) is 22.9. The Balaban J connectivity index is 2.10. The van der Waals surface area contributed by atoms with E-state index in [-0.39, 0.29) is 12.2 Å². The molecule has 3 rings (SSSR count). The summed E-state index contributed by atoms with van der Waals surface area (Å²) in [5.41, 5.74) is 2.49. The standard InChI is InChI=1S/C25H29N3O3S/c1-4-7-10-13-28-20-11-8-9-12-21(20)32-22-14-18(15-26)19(16-27)25(24(22)28)31-17-23(29-5-2)30-6-3/h8-9,11-12,14,23H,4-7,10,13,17H2,1-3H3. The van der Waals surface area contributed by atoms with Gasteiger partial charge in [-0.2, -0.15) is 10.5 Å². The van der Waals surface area contributed by atoms with E-state index in [2.05, 4.69) is 36.1 Å². The normalized spacial score (nSPS) is 12.1. The third-order valence-corrected chi connectivity index (χ3v) is 6.25. The first-order chi connectivity index (χ1) is 15.7. The van der Waals surface area contributed by atoms with Crippen LogP contribution in [0.4, 0.5) is 11.4 Å². The Morgan fingerprint density at radius 3 is 2.41 bits per heavy atom. The molecule has 0 saturated carbocycles. The summed E-state index contributed by atoms with van der Waals surface area (Å²) < 4.78 is 17.5. The summed E-state index contributed by atoms with van der Waals surface area (Å²) in [4.78, 5) is 4.26. The predicted octanol–water partition coefficient (Wildman–Crippen LogP) is 6.00. The highest BCUT2D eigenvalue weighted by Gasteiger charge is 2.30. The molecule has 2 aromatic rings. The second-order valence-corrected chi connectivity index (χ2v) is 8.36. The molecule has 0 unspecified atom stereocenters. The smallest absolute Gasteiger partial charge is 0.191 e. The molecule has 0 saturated heterocycles. The third-order valence-electron chi connectivity index (χ3n) is 5.15. The van der Waals surface area contributed by atoms with E-state index >= 15 is 0 Å². The Hall–Kier alpha value is -2.71. The van der Waals surface area contributed by atoms with Gasteiger partial charge in [0.1, 0.15) is 24.3 Å². The first kappa shape index (κ1) is 23.9. The molecule has 0 bridgehead atoms. The van der Waals surface area contributed by atoms with Crippen LogP contribution in [-0.4, -0.2) is 32.7 Å². The van der Waals surface area contributed by atoms with Crippen molar-refractivity contribution in [3.8, 4) is 17.9 Å². The van der Waals surface area contributed by atoms with Gasteiger partial charge in [-0.25, -0.2) is 0 Å². The van der Waals surface area contributed by atoms with E-state index in [1.165, 1.54) is 0 Å². The average molecular weight is 452 g/mol. The zero-order valence-electron chi connectivity index (χ0n) is 18.9. The fourth-order valence-electron chi connectivity index (χ4n) is 3.72. The highest BCUT2D eigenvalue weighted by Crippen LogP contribution is 2.53. The summed E-state index contributed by atoms with van der Waals surface area (Å²) in [6, 6.07) is 14.4. The minimum atomic E-state index is -0.546. The van der Waals surface area contributed by atoms with Gasteiger partial charge < -0.3 is 19.1 Å². The van der Waals surface area contributed by atoms with Crippen LogP contribution >= 0.6 is 11.8 Å². The first-order valence-electron chi connectivity index (χ1n) is 11.1. The van der Waals surface area contributed by atoms with Crippen LogP contribution in [0.25, 0.3) is 0 Å². The molecule has 0 N–H and O–H groups in total. The van der Waals surface area contributed by atoms with Crippen LogP contribution < -0.4 is 9.64 Å². The number of rotatable bonds is 11. The number of hydrogen-bond donors (Lipinski definition) is 0. The summed E-state index contributed by atoms with van der Waals surface area (Å²) in [6.07, 6.45) is 2.68. The molecule has 0 atom stereocenters. The molecule has 1 aliphatic rings. The van der Waals surface area contributed by atoms with E-state index in [0.717, 1.165) is 47.0 Å². The van der Waals surface area contributed by atoms with Gasteiger partial charge in [0.25, 0.3) is 0 Å². The molecule has 1 heterocycles. The third kappa shape index (κ3) is 5.19. The summed E-state index contributed by atoms with van der Waals surface area (Å²) >= 11 is 1.60. The van der Waals surface area contributed by atoms with Crippen molar-refractivity contribution in [3.05, 3.63) is 41.5 Å². The van der Waals surface area contributed by atoms with E-state index in [4.69, 9.17) is 14.2 Å². The molecular weight excluding hydrogens is 422 g/mol. The molecule has 2 aromatic carbocycles. The van der Waals surface area contributed by atoms with Crippen LogP contribution in [-0.2, 0) is 9.47 Å². The molecule has 168 valence electrons. The summed E-state index contributed by atoms with van der Waals surface area (Å²) in [5.74, 6) is 0.421. The average Bonchev–Trinajstić information content (AvgIpc) is 2.81. The van der Waals surface area contributed by atoms with Crippen LogP contribution in [0.5, 0.6) is 5.75 Å². The summed E-state index contributed by atoms with van der Waals surface area (Å²) in [5, 5.41) is 19.7. The van der Waals surface area contributed by atoms with Gasteiger partial charge in [-0.15, -0.1) is 0 Å². The number of hydrogen-bond acceptors (Lipinski definition) is 7. The van der Waals surface area contributed by atoms with Gasteiger partial charge >= 0.3 is 0 Å². The van der Waals surface area contributed by atoms with Gasteiger partial charge in [-0.05, 0) is 38.5 Å². The highest BCUT2D eigenvalue weighted by atomic mass is 32.2. The number of unbranched alkanes of at least 4 members (excludes halogenated alkanes) is 2. The van der Waals surface area contributed by atoms with Gasteiger partial charge in [-0.1, -0.05) is 43.7 Å². The lowest BCUT2D eigenvalue weighted by atomic mass is 10.0. The maximum atomic E-state index is 9.93. The van der Waals surface area contributed by atoms with Gasteiger partial charge in [-0.3, -0.25) is 0 Å². The van der Waals surface area contributed by atoms with Gasteiger partial charge in [0.15, 0.2) is 12.0 Å². The molecule has 6 nitrogen and oxygen atoms in total. The monoisotopic (exact) mass is 451 g/mol. The largest absolute Gasteiger partial charge is 0.485 e. The molecule has 0 spiro atoms. The Kier molecular flexibility index (Phi) is 8.81. The molecule has 0 amide bonds. The van der Waals surface area contributed by atoms with Crippen molar-refractivity contribution in [2.45, 2.75) is 56.1 Å². The van der Waals surface area contributed by atoms with Crippen LogP contribution in [0.2, 0.25) is 0 Å². The minimum absolute atomic E-state index is 0.132. The number of nitrogens with zero attached hydrogens (tertiary/aromatic N) is 3. The van der Waals surface area contributed by atoms with E-state index in [9.17, 15) is 10.5 Å². The van der Waals surface area contributed by atoms with Crippen molar-refractivity contribution in [3.63, 3.8) is 0 Å². The minimum Gasteiger partial charge on any atom is -0.485 e. The summed E-state index contributed by atoms with van der Waals surface area (Å²) in [7, 11) is 0. The van der Waals surface area contributed by atoms with Crippen molar-refractivity contribution in [1.82, 2.24) is 0 Å². The molecule has 0 aromatic heterocycles. The maximum absolute atomic E-state index is 9.93. The number of anilines is 2. The molecule has 0 aliphatic carbocycles. The fourth-order valence-corrected chi connectivity index (χ4v) is 4.87. The maximum Gasteiger partial charge on any atom is 0.191 e. The first-order valence-corrected chi connectivity index (χ1v) is 11.9. The Morgan fingerprint density at radius 2 is 1.75 bits per heavy atom. The molecular formula is C25H29N3O3S. The topological polar surface area (TPSA) is 78.5 Å². The predicted molar refractivity (Wildman–Crippen MR) is 126 cm³/mol. The number of para-hydroxylation sites is 1. The highest BCUT2D eigenvalue weighted by molar-refractivity contribution is 7.99. The SMILES string of the molecule is CCCCCN1c2ccccc2Sc2cc(C#N)c(C#N)c(OCC(OCC)OCC)c21. The Bertz CT molecular complexity index is 1010. The zero-order valence-corrected chi connectivity index (χ0v) is 19.7. The number of ether oxygens (including phenoxy) is 3. The van der Waals surface area contributed by atoms with Crippen molar-refractivity contribution in [2.75, 3.05) is 31.3 Å².